The fraction of sp³-hybridized carbons (Fsp3) is 0.417. The van der Waals surface area contributed by atoms with Crippen LogP contribution in [0.2, 0.25) is 0 Å². The van der Waals surface area contributed by atoms with E-state index in [-0.39, 0.29) is 5.78 Å². The van der Waals surface area contributed by atoms with E-state index in [1.54, 1.807) is 6.07 Å². The van der Waals surface area contributed by atoms with Crippen LogP contribution in [0.4, 0.5) is 4.39 Å². The monoisotopic (exact) mass is 210 g/mol. The molecule has 0 spiro atoms. The quantitative estimate of drug-likeness (QED) is 0.551. The average molecular weight is 210 g/mol. The Kier molecular flexibility index (Phi) is 4.28. The zero-order valence-corrected chi connectivity index (χ0v) is 9.05. The molecule has 0 aliphatic rings. The number of benzene rings is 1. The molecule has 15 heavy (non-hydrogen) atoms. The number of hydrogen-bond acceptors (Lipinski definition) is 2. The first-order chi connectivity index (χ1) is 7.13. The normalized spacial score (nSPS) is 10.1. The number of hydrogen-bond donors (Lipinski definition) is 0. The summed E-state index contributed by atoms with van der Waals surface area (Å²) in [5.74, 6) is -0.169. The minimum atomic E-state index is -0.436. The number of ketones is 1. The molecule has 0 heterocycles. The Morgan fingerprint density at radius 2 is 2.13 bits per heavy atom. The summed E-state index contributed by atoms with van der Waals surface area (Å²) in [5.41, 5.74) is 0.349. The fourth-order valence-electron chi connectivity index (χ4n) is 1.18. The van der Waals surface area contributed by atoms with Crippen LogP contribution in [0.1, 0.15) is 37.0 Å². The van der Waals surface area contributed by atoms with Crippen molar-refractivity contribution in [2.45, 2.75) is 26.7 Å². The Morgan fingerprint density at radius 3 is 2.73 bits per heavy atom. The van der Waals surface area contributed by atoms with Crippen LogP contribution in [0.15, 0.2) is 18.2 Å². The van der Waals surface area contributed by atoms with E-state index in [1.165, 1.54) is 19.1 Å². The van der Waals surface area contributed by atoms with Gasteiger partial charge in [0.05, 0.1) is 6.61 Å². The van der Waals surface area contributed by atoms with E-state index >= 15 is 0 Å². The average Bonchev–Trinajstić information content (AvgIpc) is 2.17. The Bertz CT molecular complexity index is 347. The lowest BCUT2D eigenvalue weighted by atomic mass is 10.1. The summed E-state index contributed by atoms with van der Waals surface area (Å²) in [4.78, 5) is 11.1. The lowest BCUT2D eigenvalue weighted by Gasteiger charge is -2.06. The molecule has 0 aromatic heterocycles. The van der Waals surface area contributed by atoms with Crippen LogP contribution in [0, 0.1) is 5.82 Å². The number of ether oxygens (including phenoxy) is 1. The Hall–Kier alpha value is -1.38. The van der Waals surface area contributed by atoms with E-state index in [1.807, 2.05) is 0 Å². The molecule has 82 valence electrons. The van der Waals surface area contributed by atoms with Gasteiger partial charge in [-0.15, -0.1) is 0 Å². The first kappa shape index (κ1) is 11.7. The molecule has 0 radical (unpaired) electrons. The smallest absolute Gasteiger partial charge is 0.160 e. The van der Waals surface area contributed by atoms with Crippen molar-refractivity contribution >= 4 is 5.78 Å². The molecule has 2 nitrogen and oxygen atoms in total. The van der Waals surface area contributed by atoms with Gasteiger partial charge in [0, 0.05) is 11.6 Å². The van der Waals surface area contributed by atoms with Crippen molar-refractivity contribution in [1.82, 2.24) is 0 Å². The summed E-state index contributed by atoms with van der Waals surface area (Å²) in [7, 11) is 0. The Balaban J connectivity index is 2.75. The molecular formula is C12H15FO2. The maximum absolute atomic E-state index is 13.1. The molecule has 0 atom stereocenters. The third-order valence-electron chi connectivity index (χ3n) is 2.04. The Morgan fingerprint density at radius 1 is 1.40 bits per heavy atom. The SMILES string of the molecule is CCCCOc1cc(F)cc(C(C)=O)c1. The van der Waals surface area contributed by atoms with Crippen LogP contribution >= 0.6 is 0 Å². The number of halogens is 1. The van der Waals surface area contributed by atoms with Crippen molar-refractivity contribution in [3.8, 4) is 5.75 Å². The number of carbonyl (C=O) groups is 1. The second-order valence-corrected chi connectivity index (χ2v) is 3.43. The summed E-state index contributed by atoms with van der Waals surface area (Å²) in [6.45, 7) is 4.01. The maximum Gasteiger partial charge on any atom is 0.160 e. The van der Waals surface area contributed by atoms with Gasteiger partial charge in [-0.3, -0.25) is 4.79 Å². The number of Topliss-reactive ketones (excluding diaryl/α,β-unsaturated/α-hetero) is 1. The van der Waals surface area contributed by atoms with E-state index in [9.17, 15) is 9.18 Å². The first-order valence-corrected chi connectivity index (χ1v) is 5.08. The minimum absolute atomic E-state index is 0.158. The zero-order chi connectivity index (χ0) is 11.3. The van der Waals surface area contributed by atoms with Gasteiger partial charge in [-0.05, 0) is 25.5 Å². The van der Waals surface area contributed by atoms with E-state index in [0.717, 1.165) is 12.8 Å². The highest BCUT2D eigenvalue weighted by atomic mass is 19.1. The Labute approximate surface area is 89.1 Å². The van der Waals surface area contributed by atoms with Crippen molar-refractivity contribution in [1.29, 1.82) is 0 Å². The number of rotatable bonds is 5. The van der Waals surface area contributed by atoms with Crippen LogP contribution in [-0.4, -0.2) is 12.4 Å². The zero-order valence-electron chi connectivity index (χ0n) is 9.05. The van der Waals surface area contributed by atoms with E-state index in [4.69, 9.17) is 4.74 Å². The van der Waals surface area contributed by atoms with Crippen LogP contribution in [-0.2, 0) is 0 Å². The van der Waals surface area contributed by atoms with E-state index in [2.05, 4.69) is 6.92 Å². The second-order valence-electron chi connectivity index (χ2n) is 3.43. The van der Waals surface area contributed by atoms with Crippen molar-refractivity contribution in [2.24, 2.45) is 0 Å². The topological polar surface area (TPSA) is 26.3 Å². The summed E-state index contributed by atoms with van der Waals surface area (Å²) < 4.78 is 18.4. The van der Waals surface area contributed by atoms with E-state index < -0.39 is 5.82 Å². The number of carbonyl (C=O) groups excluding carboxylic acids is 1. The third kappa shape index (κ3) is 3.70. The van der Waals surface area contributed by atoms with Gasteiger partial charge < -0.3 is 4.74 Å². The molecule has 0 aliphatic carbocycles. The molecule has 0 N–H and O–H groups in total. The summed E-state index contributed by atoms with van der Waals surface area (Å²) in [6.07, 6.45) is 1.95. The molecule has 1 aromatic carbocycles. The van der Waals surface area contributed by atoms with Gasteiger partial charge in [0.2, 0.25) is 0 Å². The molecule has 0 bridgehead atoms. The van der Waals surface area contributed by atoms with Gasteiger partial charge in [0.1, 0.15) is 11.6 Å². The van der Waals surface area contributed by atoms with Crippen molar-refractivity contribution < 1.29 is 13.9 Å². The highest BCUT2D eigenvalue weighted by Gasteiger charge is 2.05. The fourth-order valence-corrected chi connectivity index (χ4v) is 1.18. The first-order valence-electron chi connectivity index (χ1n) is 5.08. The van der Waals surface area contributed by atoms with Gasteiger partial charge in [-0.1, -0.05) is 13.3 Å². The maximum atomic E-state index is 13.1. The molecule has 3 heteroatoms. The molecule has 0 unspecified atom stereocenters. The molecule has 0 aliphatic heterocycles. The number of unbranched alkanes of at least 4 members (excludes halogenated alkanes) is 1. The van der Waals surface area contributed by atoms with Gasteiger partial charge >= 0.3 is 0 Å². The van der Waals surface area contributed by atoms with Crippen LogP contribution in [0.3, 0.4) is 0 Å². The highest BCUT2D eigenvalue weighted by molar-refractivity contribution is 5.94. The second kappa shape index (κ2) is 5.49. The summed E-state index contributed by atoms with van der Waals surface area (Å²) in [6, 6.07) is 4.08. The van der Waals surface area contributed by atoms with Crippen molar-refractivity contribution in [3.63, 3.8) is 0 Å². The summed E-state index contributed by atoms with van der Waals surface area (Å²) in [5, 5.41) is 0. The standard InChI is InChI=1S/C12H15FO2/c1-3-4-5-15-12-7-10(9(2)14)6-11(13)8-12/h6-8H,3-5H2,1-2H3. The highest BCUT2D eigenvalue weighted by Crippen LogP contribution is 2.17. The van der Waals surface area contributed by atoms with Crippen LogP contribution in [0.5, 0.6) is 5.75 Å². The molecule has 0 saturated heterocycles. The van der Waals surface area contributed by atoms with Gasteiger partial charge in [-0.25, -0.2) is 4.39 Å². The summed E-state index contributed by atoms with van der Waals surface area (Å²) >= 11 is 0. The predicted molar refractivity (Wildman–Crippen MR) is 56.8 cm³/mol. The molecule has 0 amide bonds. The third-order valence-corrected chi connectivity index (χ3v) is 2.04. The lowest BCUT2D eigenvalue weighted by Crippen LogP contribution is -1.99. The predicted octanol–water partition coefficient (Wildman–Crippen LogP) is 3.21. The molecule has 0 saturated carbocycles. The largest absolute Gasteiger partial charge is 0.493 e. The van der Waals surface area contributed by atoms with E-state index in [0.29, 0.717) is 17.9 Å². The molecule has 0 fully saturated rings. The molecular weight excluding hydrogens is 195 g/mol. The van der Waals surface area contributed by atoms with Gasteiger partial charge in [0.25, 0.3) is 0 Å². The lowest BCUT2D eigenvalue weighted by molar-refractivity contribution is 0.101. The molecule has 1 aromatic rings. The van der Waals surface area contributed by atoms with Gasteiger partial charge in [-0.2, -0.15) is 0 Å². The van der Waals surface area contributed by atoms with Crippen LogP contribution < -0.4 is 4.74 Å². The molecule has 1 rings (SSSR count). The minimum Gasteiger partial charge on any atom is -0.493 e. The van der Waals surface area contributed by atoms with Crippen LogP contribution in [0.25, 0.3) is 0 Å². The van der Waals surface area contributed by atoms with Crippen molar-refractivity contribution in [3.05, 3.63) is 29.6 Å². The van der Waals surface area contributed by atoms with Crippen molar-refractivity contribution in [2.75, 3.05) is 6.61 Å². The van der Waals surface area contributed by atoms with Gasteiger partial charge in [0.15, 0.2) is 5.78 Å².